The molecule has 5 heteroatoms. The fourth-order valence-electron chi connectivity index (χ4n) is 3.02. The molecule has 1 fully saturated rings. The SMILES string of the molecule is COc1cccc(-c2noc(C3CCCCC3(C)N)n2)c1. The predicted molar refractivity (Wildman–Crippen MR) is 80.1 cm³/mol. The Morgan fingerprint density at radius 2 is 2.24 bits per heavy atom. The quantitative estimate of drug-likeness (QED) is 0.938. The van der Waals surface area contributed by atoms with Crippen molar-refractivity contribution in [2.24, 2.45) is 5.73 Å². The number of methoxy groups -OCH3 is 1. The fraction of sp³-hybridized carbons (Fsp3) is 0.500. The molecular weight excluding hydrogens is 266 g/mol. The molecule has 2 aromatic rings. The Balaban J connectivity index is 1.89. The lowest BCUT2D eigenvalue weighted by Crippen LogP contribution is -2.44. The topological polar surface area (TPSA) is 74.2 Å². The first-order chi connectivity index (χ1) is 10.1. The minimum absolute atomic E-state index is 0.137. The van der Waals surface area contributed by atoms with Crippen molar-refractivity contribution in [1.82, 2.24) is 10.1 Å². The summed E-state index contributed by atoms with van der Waals surface area (Å²) in [5.41, 5.74) is 7.02. The van der Waals surface area contributed by atoms with Gasteiger partial charge in [0, 0.05) is 11.1 Å². The molecule has 3 rings (SSSR count). The maximum Gasteiger partial charge on any atom is 0.231 e. The lowest BCUT2D eigenvalue weighted by atomic mass is 9.74. The van der Waals surface area contributed by atoms with Gasteiger partial charge in [-0.25, -0.2) is 0 Å². The van der Waals surface area contributed by atoms with Crippen LogP contribution in [0, 0.1) is 0 Å². The van der Waals surface area contributed by atoms with Crippen LogP contribution in [-0.4, -0.2) is 22.8 Å². The summed E-state index contributed by atoms with van der Waals surface area (Å²) >= 11 is 0. The first-order valence-electron chi connectivity index (χ1n) is 7.37. The number of nitrogens with zero attached hydrogens (tertiary/aromatic N) is 2. The molecule has 5 nitrogen and oxygen atoms in total. The molecule has 0 saturated heterocycles. The molecule has 2 N–H and O–H groups in total. The summed E-state index contributed by atoms with van der Waals surface area (Å²) in [6.45, 7) is 2.08. The van der Waals surface area contributed by atoms with E-state index >= 15 is 0 Å². The molecule has 1 heterocycles. The Labute approximate surface area is 124 Å². The lowest BCUT2D eigenvalue weighted by molar-refractivity contribution is 0.223. The number of aromatic nitrogens is 2. The minimum atomic E-state index is -0.267. The average Bonchev–Trinajstić information content (AvgIpc) is 2.96. The molecule has 1 aliphatic carbocycles. The smallest absolute Gasteiger partial charge is 0.231 e. The van der Waals surface area contributed by atoms with E-state index in [-0.39, 0.29) is 11.5 Å². The lowest BCUT2D eigenvalue weighted by Gasteiger charge is -2.35. The van der Waals surface area contributed by atoms with Crippen molar-refractivity contribution >= 4 is 0 Å². The van der Waals surface area contributed by atoms with Crippen LogP contribution in [0.15, 0.2) is 28.8 Å². The predicted octanol–water partition coefficient (Wildman–Crippen LogP) is 3.12. The average molecular weight is 287 g/mol. The van der Waals surface area contributed by atoms with Crippen LogP contribution in [-0.2, 0) is 0 Å². The molecule has 1 aromatic heterocycles. The molecule has 2 unspecified atom stereocenters. The highest BCUT2D eigenvalue weighted by Gasteiger charge is 2.37. The van der Waals surface area contributed by atoms with Gasteiger partial charge in [0.15, 0.2) is 0 Å². The molecule has 0 spiro atoms. The highest BCUT2D eigenvalue weighted by molar-refractivity contribution is 5.56. The molecule has 0 radical (unpaired) electrons. The summed E-state index contributed by atoms with van der Waals surface area (Å²) in [6.07, 6.45) is 4.33. The van der Waals surface area contributed by atoms with E-state index in [4.69, 9.17) is 15.0 Å². The first-order valence-corrected chi connectivity index (χ1v) is 7.37. The van der Waals surface area contributed by atoms with Gasteiger partial charge < -0.3 is 15.0 Å². The van der Waals surface area contributed by atoms with Crippen LogP contribution in [0.1, 0.15) is 44.4 Å². The van der Waals surface area contributed by atoms with Crippen molar-refractivity contribution in [2.45, 2.75) is 44.1 Å². The number of benzene rings is 1. The maximum atomic E-state index is 6.40. The van der Waals surface area contributed by atoms with Crippen LogP contribution in [0.5, 0.6) is 5.75 Å². The van der Waals surface area contributed by atoms with Crippen LogP contribution in [0.2, 0.25) is 0 Å². The zero-order valence-electron chi connectivity index (χ0n) is 12.5. The van der Waals surface area contributed by atoms with Crippen LogP contribution in [0.3, 0.4) is 0 Å². The number of hydrogen-bond donors (Lipinski definition) is 1. The second-order valence-electron chi connectivity index (χ2n) is 5.99. The van der Waals surface area contributed by atoms with Crippen molar-refractivity contribution in [3.63, 3.8) is 0 Å². The van der Waals surface area contributed by atoms with Crippen molar-refractivity contribution in [3.05, 3.63) is 30.2 Å². The zero-order chi connectivity index (χ0) is 14.9. The largest absolute Gasteiger partial charge is 0.497 e. The van der Waals surface area contributed by atoms with Gasteiger partial charge in [0.2, 0.25) is 11.7 Å². The van der Waals surface area contributed by atoms with E-state index in [1.807, 2.05) is 24.3 Å². The van der Waals surface area contributed by atoms with Gasteiger partial charge in [-0.1, -0.05) is 30.1 Å². The number of ether oxygens (including phenoxy) is 1. The Morgan fingerprint density at radius 3 is 3.00 bits per heavy atom. The third kappa shape index (κ3) is 2.78. The number of rotatable bonds is 3. The summed E-state index contributed by atoms with van der Waals surface area (Å²) in [6, 6.07) is 7.65. The van der Waals surface area contributed by atoms with Gasteiger partial charge in [0.1, 0.15) is 5.75 Å². The summed E-state index contributed by atoms with van der Waals surface area (Å²) in [4.78, 5) is 4.56. The fourth-order valence-corrected chi connectivity index (χ4v) is 3.02. The van der Waals surface area contributed by atoms with Gasteiger partial charge in [-0.2, -0.15) is 4.98 Å². The molecule has 0 bridgehead atoms. The van der Waals surface area contributed by atoms with E-state index < -0.39 is 0 Å². The van der Waals surface area contributed by atoms with Gasteiger partial charge >= 0.3 is 0 Å². The third-order valence-electron chi connectivity index (χ3n) is 4.32. The van der Waals surface area contributed by atoms with Gasteiger partial charge in [-0.15, -0.1) is 0 Å². The zero-order valence-corrected chi connectivity index (χ0v) is 12.5. The van der Waals surface area contributed by atoms with E-state index in [0.29, 0.717) is 11.7 Å². The number of hydrogen-bond acceptors (Lipinski definition) is 5. The monoisotopic (exact) mass is 287 g/mol. The Bertz CT molecular complexity index is 621. The molecule has 0 aliphatic heterocycles. The van der Waals surface area contributed by atoms with Crippen LogP contribution in [0.25, 0.3) is 11.4 Å². The van der Waals surface area contributed by atoms with Gasteiger partial charge in [0.25, 0.3) is 0 Å². The summed E-state index contributed by atoms with van der Waals surface area (Å²) in [7, 11) is 1.64. The maximum absolute atomic E-state index is 6.40. The summed E-state index contributed by atoms with van der Waals surface area (Å²) < 4.78 is 10.7. The van der Waals surface area contributed by atoms with Crippen molar-refractivity contribution in [3.8, 4) is 17.1 Å². The highest BCUT2D eigenvalue weighted by atomic mass is 16.5. The summed E-state index contributed by atoms with van der Waals surface area (Å²) in [5, 5.41) is 4.11. The van der Waals surface area contributed by atoms with Gasteiger partial charge in [0.05, 0.1) is 13.0 Å². The van der Waals surface area contributed by atoms with Crippen molar-refractivity contribution in [1.29, 1.82) is 0 Å². The van der Waals surface area contributed by atoms with Crippen LogP contribution >= 0.6 is 0 Å². The molecule has 112 valence electrons. The summed E-state index contributed by atoms with van der Waals surface area (Å²) in [5.74, 6) is 2.15. The minimum Gasteiger partial charge on any atom is -0.497 e. The molecular formula is C16H21N3O2. The van der Waals surface area contributed by atoms with Gasteiger partial charge in [-0.05, 0) is 31.9 Å². The molecule has 1 saturated carbocycles. The molecule has 0 amide bonds. The van der Waals surface area contributed by atoms with Gasteiger partial charge in [-0.3, -0.25) is 0 Å². The highest BCUT2D eigenvalue weighted by Crippen LogP contribution is 2.38. The van der Waals surface area contributed by atoms with Crippen LogP contribution in [0.4, 0.5) is 0 Å². The molecule has 21 heavy (non-hydrogen) atoms. The Kier molecular flexibility index (Phi) is 3.68. The normalized spacial score (nSPS) is 25.8. The Morgan fingerprint density at radius 1 is 1.38 bits per heavy atom. The van der Waals surface area contributed by atoms with E-state index in [9.17, 15) is 0 Å². The first kappa shape index (κ1) is 14.1. The van der Waals surface area contributed by atoms with E-state index in [1.54, 1.807) is 7.11 Å². The standard InChI is InChI=1S/C16H21N3O2/c1-16(17)9-4-3-8-13(16)15-18-14(19-21-15)11-6-5-7-12(10-11)20-2/h5-7,10,13H,3-4,8-9,17H2,1-2H3. The van der Waals surface area contributed by atoms with E-state index in [1.165, 1.54) is 6.42 Å². The van der Waals surface area contributed by atoms with Crippen molar-refractivity contribution < 1.29 is 9.26 Å². The molecule has 1 aromatic carbocycles. The third-order valence-corrected chi connectivity index (χ3v) is 4.32. The van der Waals surface area contributed by atoms with Crippen molar-refractivity contribution in [2.75, 3.05) is 7.11 Å². The van der Waals surface area contributed by atoms with Crippen LogP contribution < -0.4 is 10.5 Å². The molecule has 1 aliphatic rings. The molecule has 2 atom stereocenters. The van der Waals surface area contributed by atoms with E-state index in [0.717, 1.165) is 30.6 Å². The second kappa shape index (κ2) is 5.48. The van der Waals surface area contributed by atoms with E-state index in [2.05, 4.69) is 17.1 Å². The number of nitrogens with two attached hydrogens (primary N) is 1. The Hall–Kier alpha value is -1.88. The second-order valence-corrected chi connectivity index (χ2v) is 5.99.